The van der Waals surface area contributed by atoms with Crippen LogP contribution in [-0.2, 0) is 4.79 Å². The van der Waals surface area contributed by atoms with Gasteiger partial charge in [0.2, 0.25) is 5.91 Å². The fraction of sp³-hybridized carbons (Fsp3) is 0.320. The summed E-state index contributed by atoms with van der Waals surface area (Å²) in [7, 11) is 0. The van der Waals surface area contributed by atoms with Crippen molar-refractivity contribution in [1.82, 2.24) is 15.3 Å². The quantitative estimate of drug-likeness (QED) is 0.410. The number of carbonyl (C=O) groups is 1. The van der Waals surface area contributed by atoms with Gasteiger partial charge in [-0.1, -0.05) is 91.7 Å². The zero-order valence-electron chi connectivity index (χ0n) is 17.3. The Balaban J connectivity index is 1.57. The van der Waals surface area contributed by atoms with E-state index in [0.717, 1.165) is 35.4 Å². The molecular weight excluding hydrogens is 390 g/mol. The third-order valence-electron chi connectivity index (χ3n) is 5.45. The summed E-state index contributed by atoms with van der Waals surface area (Å²) in [6.07, 6.45) is 5.85. The van der Waals surface area contributed by atoms with E-state index in [1.807, 2.05) is 73.7 Å². The Morgan fingerprint density at radius 1 is 0.900 bits per heavy atom. The molecule has 30 heavy (non-hydrogen) atoms. The number of rotatable bonds is 6. The van der Waals surface area contributed by atoms with E-state index in [4.69, 9.17) is 9.97 Å². The predicted molar refractivity (Wildman–Crippen MR) is 123 cm³/mol. The van der Waals surface area contributed by atoms with Gasteiger partial charge in [-0.15, -0.1) is 0 Å². The summed E-state index contributed by atoms with van der Waals surface area (Å²) in [6, 6.07) is 22.5. The highest BCUT2D eigenvalue weighted by Crippen LogP contribution is 2.29. The summed E-state index contributed by atoms with van der Waals surface area (Å²) < 4.78 is 0. The molecular formula is C25H27N3OS. The van der Waals surface area contributed by atoms with E-state index in [2.05, 4.69) is 5.32 Å². The monoisotopic (exact) mass is 417 g/mol. The van der Waals surface area contributed by atoms with Crippen molar-refractivity contribution in [2.45, 2.75) is 55.5 Å². The van der Waals surface area contributed by atoms with Crippen molar-refractivity contribution < 1.29 is 4.79 Å². The van der Waals surface area contributed by atoms with Crippen molar-refractivity contribution in [1.29, 1.82) is 0 Å². The van der Waals surface area contributed by atoms with Crippen molar-refractivity contribution in [3.8, 4) is 22.5 Å². The van der Waals surface area contributed by atoms with E-state index in [0.29, 0.717) is 11.2 Å². The van der Waals surface area contributed by atoms with Gasteiger partial charge in [0.1, 0.15) is 0 Å². The zero-order valence-corrected chi connectivity index (χ0v) is 18.1. The maximum atomic E-state index is 12.7. The Morgan fingerprint density at radius 3 is 1.97 bits per heavy atom. The summed E-state index contributed by atoms with van der Waals surface area (Å²) in [5.41, 5.74) is 3.81. The van der Waals surface area contributed by atoms with Crippen LogP contribution in [0.4, 0.5) is 0 Å². The van der Waals surface area contributed by atoms with E-state index in [1.165, 1.54) is 31.0 Å². The van der Waals surface area contributed by atoms with Gasteiger partial charge >= 0.3 is 0 Å². The van der Waals surface area contributed by atoms with Crippen LogP contribution in [0.3, 0.4) is 0 Å². The lowest BCUT2D eigenvalue weighted by Crippen LogP contribution is -2.40. The van der Waals surface area contributed by atoms with E-state index >= 15 is 0 Å². The molecule has 1 atom stereocenters. The molecule has 1 aromatic heterocycles. The van der Waals surface area contributed by atoms with Gasteiger partial charge < -0.3 is 5.32 Å². The Bertz CT molecular complexity index is 914. The lowest BCUT2D eigenvalue weighted by molar-refractivity contribution is -0.121. The average Bonchev–Trinajstić information content (AvgIpc) is 2.80. The Hall–Kier alpha value is -2.66. The summed E-state index contributed by atoms with van der Waals surface area (Å²) >= 11 is 1.42. The van der Waals surface area contributed by atoms with Crippen LogP contribution in [0.5, 0.6) is 0 Å². The standard InChI is InChI=1S/C25H27N3OS/c1-18(24(29)26-21-15-9-4-10-16-21)30-25-27-22(19-11-5-2-6-12-19)17-23(28-25)20-13-7-3-8-14-20/h2-3,5-8,11-14,17-18,21H,4,9-10,15-16H2,1H3,(H,26,29)/t18-/m1/s1. The molecule has 0 spiro atoms. The molecule has 0 aliphatic heterocycles. The number of carbonyl (C=O) groups excluding carboxylic acids is 1. The first-order chi connectivity index (χ1) is 14.7. The SMILES string of the molecule is C[C@@H](Sc1nc(-c2ccccc2)cc(-c2ccccc2)n1)C(=O)NC1CCCCC1. The molecule has 1 fully saturated rings. The largest absolute Gasteiger partial charge is 0.352 e. The highest BCUT2D eigenvalue weighted by atomic mass is 32.2. The maximum absolute atomic E-state index is 12.7. The highest BCUT2D eigenvalue weighted by Gasteiger charge is 2.22. The number of amides is 1. The number of aromatic nitrogens is 2. The molecule has 154 valence electrons. The van der Waals surface area contributed by atoms with Gasteiger partial charge in [0.25, 0.3) is 0 Å². The van der Waals surface area contributed by atoms with Crippen LogP contribution in [0.1, 0.15) is 39.0 Å². The number of thioether (sulfide) groups is 1. The molecule has 1 heterocycles. The first kappa shape index (κ1) is 20.6. The Labute approximate surface area is 182 Å². The molecule has 0 radical (unpaired) electrons. The molecule has 4 nitrogen and oxygen atoms in total. The van der Waals surface area contributed by atoms with Gasteiger partial charge in [-0.3, -0.25) is 4.79 Å². The van der Waals surface area contributed by atoms with E-state index in [9.17, 15) is 4.79 Å². The normalized spacial score (nSPS) is 15.5. The number of nitrogens with one attached hydrogen (secondary N) is 1. The summed E-state index contributed by atoms with van der Waals surface area (Å²) in [5, 5.41) is 3.59. The van der Waals surface area contributed by atoms with E-state index < -0.39 is 0 Å². The zero-order chi connectivity index (χ0) is 20.8. The van der Waals surface area contributed by atoms with Gasteiger partial charge in [-0.25, -0.2) is 9.97 Å². The average molecular weight is 418 g/mol. The van der Waals surface area contributed by atoms with Gasteiger partial charge in [0.05, 0.1) is 16.6 Å². The summed E-state index contributed by atoms with van der Waals surface area (Å²) in [5.74, 6) is 0.0712. The van der Waals surface area contributed by atoms with Crippen molar-refractivity contribution in [3.63, 3.8) is 0 Å². The molecule has 1 aliphatic carbocycles. The first-order valence-corrected chi connectivity index (χ1v) is 11.5. The third-order valence-corrected chi connectivity index (χ3v) is 6.41. The smallest absolute Gasteiger partial charge is 0.233 e. The van der Waals surface area contributed by atoms with E-state index in [-0.39, 0.29) is 11.2 Å². The molecule has 0 unspecified atom stereocenters. The van der Waals surface area contributed by atoms with Crippen molar-refractivity contribution in [3.05, 3.63) is 66.7 Å². The number of nitrogens with zero attached hydrogens (tertiary/aromatic N) is 2. The molecule has 3 aromatic rings. The highest BCUT2D eigenvalue weighted by molar-refractivity contribution is 8.00. The van der Waals surface area contributed by atoms with Crippen LogP contribution in [-0.4, -0.2) is 27.2 Å². The maximum Gasteiger partial charge on any atom is 0.233 e. The van der Waals surface area contributed by atoms with Crippen molar-refractivity contribution in [2.75, 3.05) is 0 Å². The van der Waals surface area contributed by atoms with Crippen LogP contribution >= 0.6 is 11.8 Å². The predicted octanol–water partition coefficient (Wildman–Crippen LogP) is 5.74. The fourth-order valence-corrected chi connectivity index (χ4v) is 4.56. The number of benzene rings is 2. The topological polar surface area (TPSA) is 54.9 Å². The van der Waals surface area contributed by atoms with Crippen LogP contribution < -0.4 is 5.32 Å². The van der Waals surface area contributed by atoms with Crippen molar-refractivity contribution in [2.24, 2.45) is 0 Å². The molecule has 5 heteroatoms. The minimum atomic E-state index is -0.249. The molecule has 0 saturated heterocycles. The van der Waals surface area contributed by atoms with Gasteiger partial charge in [-0.05, 0) is 25.8 Å². The Morgan fingerprint density at radius 2 is 1.43 bits per heavy atom. The minimum absolute atomic E-state index is 0.0712. The number of hydrogen-bond acceptors (Lipinski definition) is 4. The van der Waals surface area contributed by atoms with Gasteiger partial charge in [-0.2, -0.15) is 0 Å². The molecule has 0 bridgehead atoms. The van der Waals surface area contributed by atoms with Crippen LogP contribution in [0.15, 0.2) is 71.9 Å². The minimum Gasteiger partial charge on any atom is -0.352 e. The van der Waals surface area contributed by atoms with Crippen molar-refractivity contribution >= 4 is 17.7 Å². The molecule has 2 aromatic carbocycles. The van der Waals surface area contributed by atoms with Crippen LogP contribution in [0, 0.1) is 0 Å². The molecule has 1 saturated carbocycles. The molecule has 4 rings (SSSR count). The fourth-order valence-electron chi connectivity index (χ4n) is 3.77. The van der Waals surface area contributed by atoms with Gasteiger partial charge in [0, 0.05) is 17.2 Å². The first-order valence-electron chi connectivity index (χ1n) is 10.7. The Kier molecular flexibility index (Phi) is 6.80. The lowest BCUT2D eigenvalue weighted by atomic mass is 9.95. The lowest BCUT2D eigenvalue weighted by Gasteiger charge is -2.24. The van der Waals surface area contributed by atoms with Crippen LogP contribution in [0.2, 0.25) is 0 Å². The van der Waals surface area contributed by atoms with E-state index in [1.54, 1.807) is 0 Å². The molecule has 1 aliphatic rings. The summed E-state index contributed by atoms with van der Waals surface area (Å²) in [4.78, 5) is 22.3. The second-order valence-electron chi connectivity index (χ2n) is 7.76. The number of hydrogen-bond donors (Lipinski definition) is 1. The summed E-state index contributed by atoms with van der Waals surface area (Å²) in [6.45, 7) is 1.93. The molecule has 1 amide bonds. The second-order valence-corrected chi connectivity index (χ2v) is 9.06. The molecule has 1 N–H and O–H groups in total. The third kappa shape index (κ3) is 5.28. The van der Waals surface area contributed by atoms with Gasteiger partial charge in [0.15, 0.2) is 5.16 Å². The second kappa shape index (κ2) is 9.90. The van der Waals surface area contributed by atoms with Crippen LogP contribution in [0.25, 0.3) is 22.5 Å².